The molecule has 0 aliphatic carbocycles. The summed E-state index contributed by atoms with van der Waals surface area (Å²) < 4.78 is 38.7. The lowest BCUT2D eigenvalue weighted by molar-refractivity contribution is 0.350. The lowest BCUT2D eigenvalue weighted by Crippen LogP contribution is -2.33. The van der Waals surface area contributed by atoms with Crippen molar-refractivity contribution in [2.45, 2.75) is 25.5 Å². The number of hydrogen-bond acceptors (Lipinski definition) is 3. The first-order valence-corrected chi connectivity index (χ1v) is 7.07. The number of benzene rings is 1. The number of anilines is 1. The van der Waals surface area contributed by atoms with Crippen molar-refractivity contribution in [1.29, 1.82) is 0 Å². The summed E-state index contributed by atoms with van der Waals surface area (Å²) in [4.78, 5) is 0. The zero-order valence-electron chi connectivity index (χ0n) is 11.0. The highest BCUT2D eigenvalue weighted by molar-refractivity contribution is 7.94. The third-order valence-corrected chi connectivity index (χ3v) is 4.45. The minimum absolute atomic E-state index is 0.104. The smallest absolute Gasteiger partial charge is 0.237 e. The Bertz CT molecular complexity index is 622. The van der Waals surface area contributed by atoms with E-state index in [1.807, 2.05) is 0 Å². The maximum absolute atomic E-state index is 13.6. The Morgan fingerprint density at radius 3 is 2.47 bits per heavy atom. The molecule has 104 valence electrons. The fraction of sp³-hybridized carbons (Fsp3) is 0.385. The third kappa shape index (κ3) is 3.94. The molecule has 1 aromatic carbocycles. The zero-order chi connectivity index (χ0) is 14.7. The van der Waals surface area contributed by atoms with Crippen LogP contribution in [0.25, 0.3) is 0 Å². The van der Waals surface area contributed by atoms with E-state index in [1.165, 1.54) is 12.1 Å². The molecular weight excluding hydrogens is 269 g/mol. The van der Waals surface area contributed by atoms with E-state index < -0.39 is 20.6 Å². The number of halogens is 1. The largest absolute Gasteiger partial charge is 0.384 e. The molecule has 0 aliphatic rings. The average Bonchev–Trinajstić information content (AvgIpc) is 2.26. The van der Waals surface area contributed by atoms with Crippen molar-refractivity contribution < 1.29 is 17.9 Å². The monoisotopic (exact) mass is 285 g/mol. The van der Waals surface area contributed by atoms with Crippen LogP contribution in [0.5, 0.6) is 0 Å². The van der Waals surface area contributed by atoms with Gasteiger partial charge in [-0.2, -0.15) is 0 Å². The van der Waals surface area contributed by atoms with Crippen molar-refractivity contribution in [3.63, 3.8) is 0 Å². The number of hydrogen-bond donors (Lipinski definition) is 2. The topological polar surface area (TPSA) is 66.4 Å². The van der Waals surface area contributed by atoms with Crippen molar-refractivity contribution in [2.75, 3.05) is 11.3 Å². The molecule has 0 bridgehead atoms. The second-order valence-corrected chi connectivity index (χ2v) is 7.31. The van der Waals surface area contributed by atoms with Crippen molar-refractivity contribution in [2.24, 2.45) is 0 Å². The van der Waals surface area contributed by atoms with Crippen molar-refractivity contribution in [3.8, 4) is 11.8 Å². The molecule has 0 aliphatic heterocycles. The predicted molar refractivity (Wildman–Crippen MR) is 72.7 cm³/mol. The van der Waals surface area contributed by atoms with Crippen LogP contribution in [0.15, 0.2) is 18.2 Å². The first-order chi connectivity index (χ1) is 8.67. The summed E-state index contributed by atoms with van der Waals surface area (Å²) in [5.41, 5.74) is 0.245. The van der Waals surface area contributed by atoms with Gasteiger partial charge in [-0.05, 0) is 39.0 Å². The molecule has 0 radical (unpaired) electrons. The number of rotatable bonds is 2. The summed E-state index contributed by atoms with van der Waals surface area (Å²) in [6.07, 6.45) is 0. The van der Waals surface area contributed by atoms with E-state index in [9.17, 15) is 12.8 Å². The Labute approximate surface area is 112 Å². The predicted octanol–water partition coefficient (Wildman–Crippen LogP) is 1.71. The van der Waals surface area contributed by atoms with Gasteiger partial charge in [-0.1, -0.05) is 11.8 Å². The second-order valence-electron chi connectivity index (χ2n) is 4.87. The second kappa shape index (κ2) is 5.59. The summed E-state index contributed by atoms with van der Waals surface area (Å²) in [5, 5.41) is 8.53. The molecule has 6 heteroatoms. The summed E-state index contributed by atoms with van der Waals surface area (Å²) in [6.45, 7) is 4.28. The summed E-state index contributed by atoms with van der Waals surface area (Å²) >= 11 is 0. The molecule has 0 aromatic heterocycles. The van der Waals surface area contributed by atoms with Gasteiger partial charge in [0.15, 0.2) is 0 Å². The van der Waals surface area contributed by atoms with Crippen LogP contribution < -0.4 is 4.72 Å². The third-order valence-electron chi connectivity index (χ3n) is 2.33. The molecule has 0 spiro atoms. The molecule has 4 nitrogen and oxygen atoms in total. The normalized spacial score (nSPS) is 11.6. The van der Waals surface area contributed by atoms with Gasteiger partial charge in [0.25, 0.3) is 0 Å². The Morgan fingerprint density at radius 2 is 2.00 bits per heavy atom. The fourth-order valence-corrected chi connectivity index (χ4v) is 1.87. The Kier molecular flexibility index (Phi) is 4.56. The van der Waals surface area contributed by atoms with E-state index in [0.717, 1.165) is 6.07 Å². The van der Waals surface area contributed by atoms with Crippen molar-refractivity contribution in [3.05, 3.63) is 29.6 Å². The van der Waals surface area contributed by atoms with Crippen LogP contribution in [0.4, 0.5) is 10.1 Å². The lowest BCUT2D eigenvalue weighted by Gasteiger charge is -2.20. The number of aliphatic hydroxyl groups is 1. The lowest BCUT2D eigenvalue weighted by atomic mass is 10.2. The van der Waals surface area contributed by atoms with Gasteiger partial charge >= 0.3 is 0 Å². The quantitative estimate of drug-likeness (QED) is 0.813. The SMILES string of the molecule is CC(C)(C)S(=O)(=O)Nc1ccc(C#CCO)c(F)c1. The van der Waals surface area contributed by atoms with Crippen molar-refractivity contribution in [1.82, 2.24) is 0 Å². The molecule has 0 saturated heterocycles. The number of nitrogens with one attached hydrogen (secondary N) is 1. The number of aliphatic hydroxyl groups excluding tert-OH is 1. The maximum Gasteiger partial charge on any atom is 0.237 e. The van der Waals surface area contributed by atoms with Crippen LogP contribution >= 0.6 is 0 Å². The van der Waals surface area contributed by atoms with Gasteiger partial charge in [0.05, 0.1) is 16.0 Å². The van der Waals surface area contributed by atoms with Crippen LogP contribution in [0.3, 0.4) is 0 Å². The van der Waals surface area contributed by atoms with Crippen LogP contribution in [0.2, 0.25) is 0 Å². The van der Waals surface area contributed by atoms with E-state index >= 15 is 0 Å². The first kappa shape index (κ1) is 15.5. The van der Waals surface area contributed by atoms with E-state index in [4.69, 9.17) is 5.11 Å². The van der Waals surface area contributed by atoms with Crippen molar-refractivity contribution >= 4 is 15.7 Å². The summed E-state index contributed by atoms with van der Waals surface area (Å²) in [5.74, 6) is 4.11. The van der Waals surface area contributed by atoms with Gasteiger partial charge in [0.1, 0.15) is 12.4 Å². The van der Waals surface area contributed by atoms with Gasteiger partial charge in [0.2, 0.25) is 10.0 Å². The molecule has 0 atom stereocenters. The van der Waals surface area contributed by atoms with Gasteiger partial charge in [-0.25, -0.2) is 12.8 Å². The van der Waals surface area contributed by atoms with E-state index in [2.05, 4.69) is 16.6 Å². The Morgan fingerprint density at radius 1 is 1.37 bits per heavy atom. The van der Waals surface area contributed by atoms with E-state index in [0.29, 0.717) is 0 Å². The minimum Gasteiger partial charge on any atom is -0.384 e. The summed E-state index contributed by atoms with van der Waals surface area (Å²) in [7, 11) is -3.59. The van der Waals surface area contributed by atoms with Gasteiger partial charge in [-0.3, -0.25) is 4.72 Å². The van der Waals surface area contributed by atoms with E-state index in [1.54, 1.807) is 20.8 Å². The highest BCUT2D eigenvalue weighted by Gasteiger charge is 2.28. The molecule has 19 heavy (non-hydrogen) atoms. The highest BCUT2D eigenvalue weighted by Crippen LogP contribution is 2.21. The molecular formula is C13H16FNO3S. The maximum atomic E-state index is 13.6. The molecule has 1 aromatic rings. The molecule has 0 saturated carbocycles. The molecule has 0 amide bonds. The highest BCUT2D eigenvalue weighted by atomic mass is 32.2. The Balaban J connectivity index is 3.04. The zero-order valence-corrected chi connectivity index (χ0v) is 11.8. The van der Waals surface area contributed by atoms with Crippen LogP contribution in [0, 0.1) is 17.7 Å². The van der Waals surface area contributed by atoms with Crippen LogP contribution in [-0.2, 0) is 10.0 Å². The standard InChI is InChI=1S/C13H16FNO3S/c1-13(2,3)19(17,18)15-11-7-6-10(5-4-8-16)12(14)9-11/h6-7,9,15-16H,8H2,1-3H3. The molecule has 0 fully saturated rings. The minimum atomic E-state index is -3.59. The molecule has 0 heterocycles. The van der Waals surface area contributed by atoms with Crippen LogP contribution in [-0.4, -0.2) is 24.9 Å². The summed E-state index contributed by atoms with van der Waals surface area (Å²) in [6, 6.07) is 3.84. The molecule has 0 unspecified atom stereocenters. The van der Waals surface area contributed by atoms with Gasteiger partial charge < -0.3 is 5.11 Å². The Hall–Kier alpha value is -1.58. The van der Waals surface area contributed by atoms with E-state index in [-0.39, 0.29) is 17.9 Å². The fourth-order valence-electron chi connectivity index (χ4n) is 1.12. The molecule has 2 N–H and O–H groups in total. The van der Waals surface area contributed by atoms with Crippen LogP contribution in [0.1, 0.15) is 26.3 Å². The molecule has 1 rings (SSSR count). The number of sulfonamides is 1. The van der Waals surface area contributed by atoms with Gasteiger partial charge in [-0.15, -0.1) is 0 Å². The first-order valence-electron chi connectivity index (χ1n) is 5.59. The average molecular weight is 285 g/mol. The van der Waals surface area contributed by atoms with Gasteiger partial charge in [0, 0.05) is 0 Å².